The molecule has 4 nitrogen and oxygen atoms in total. The Balaban J connectivity index is 0.0000000914. The van der Waals surface area contributed by atoms with Gasteiger partial charge in [0.1, 0.15) is 0 Å². The minimum Gasteiger partial charge on any atom is -0.315 e. The normalized spacial score (nSPS) is 48.0. The van der Waals surface area contributed by atoms with Gasteiger partial charge in [-0.05, 0) is 13.0 Å². The number of fused-ring (bicyclic) bond motifs is 2. The van der Waals surface area contributed by atoms with Crippen LogP contribution in [0.25, 0.3) is 0 Å². The van der Waals surface area contributed by atoms with Gasteiger partial charge in [-0.1, -0.05) is 0 Å². The fourth-order valence-corrected chi connectivity index (χ4v) is 2.67. The van der Waals surface area contributed by atoms with E-state index >= 15 is 0 Å². The lowest BCUT2D eigenvalue weighted by atomic mass is 9.96. The molecule has 0 saturated carbocycles. The Labute approximate surface area is 85.2 Å². The molecule has 4 rings (SSSR count). The maximum absolute atomic E-state index is 3.39. The molecule has 4 saturated heterocycles. The van der Waals surface area contributed by atoms with Crippen molar-refractivity contribution in [3.63, 3.8) is 0 Å². The molecule has 4 heterocycles. The third kappa shape index (κ3) is 1.56. The monoisotopic (exact) mass is 196 g/mol. The molecule has 0 aromatic heterocycles. The first-order valence-electron chi connectivity index (χ1n) is 5.84. The van der Waals surface area contributed by atoms with Crippen LogP contribution in [0.1, 0.15) is 6.42 Å². The highest BCUT2D eigenvalue weighted by atomic mass is 15.2. The Bertz CT molecular complexity index is 166. The summed E-state index contributed by atoms with van der Waals surface area (Å²) in [5.74, 6) is 0.972. The summed E-state index contributed by atoms with van der Waals surface area (Å²) in [5, 5.41) is 13.4. The molecule has 4 aliphatic heterocycles. The quantitative estimate of drug-likeness (QED) is 0.381. The van der Waals surface area contributed by atoms with Gasteiger partial charge in [-0.15, -0.1) is 0 Å². The Morgan fingerprint density at radius 1 is 0.714 bits per heavy atom. The third-order valence-electron chi connectivity index (χ3n) is 3.93. The number of nitrogens with one attached hydrogen (secondary N) is 4. The molecule has 0 spiro atoms. The minimum atomic E-state index is 0.833. The molecule has 80 valence electrons. The number of hydrogen-bond acceptors (Lipinski definition) is 4. The Morgan fingerprint density at radius 3 is 1.93 bits per heavy atom. The Morgan fingerprint density at radius 2 is 1.64 bits per heavy atom. The summed E-state index contributed by atoms with van der Waals surface area (Å²) in [6.45, 7) is 6.12. The summed E-state index contributed by atoms with van der Waals surface area (Å²) in [5.41, 5.74) is 0. The van der Waals surface area contributed by atoms with Crippen molar-refractivity contribution in [2.24, 2.45) is 5.92 Å². The zero-order valence-corrected chi connectivity index (χ0v) is 8.55. The molecule has 4 atom stereocenters. The highest BCUT2D eigenvalue weighted by Crippen LogP contribution is 2.15. The van der Waals surface area contributed by atoms with Gasteiger partial charge in [0.15, 0.2) is 0 Å². The second-order valence-electron chi connectivity index (χ2n) is 4.80. The standard InChI is InChI=1S/2C5H10N2/c1-4-2-7-5(4)3-6-1;1-2-6-5-3-7-4(1)5/h2*4-7H,1-3H2. The van der Waals surface area contributed by atoms with E-state index in [1.807, 2.05) is 0 Å². The molecule has 4 aliphatic rings. The maximum Gasteiger partial charge on any atom is 0.0347 e. The minimum absolute atomic E-state index is 0.833. The van der Waals surface area contributed by atoms with Crippen LogP contribution in [-0.4, -0.2) is 50.8 Å². The van der Waals surface area contributed by atoms with Gasteiger partial charge in [0.05, 0.1) is 0 Å². The lowest BCUT2D eigenvalue weighted by Gasteiger charge is -2.31. The van der Waals surface area contributed by atoms with E-state index in [2.05, 4.69) is 21.3 Å². The predicted octanol–water partition coefficient (Wildman–Crippen LogP) is -1.50. The van der Waals surface area contributed by atoms with Gasteiger partial charge in [-0.25, -0.2) is 0 Å². The average molecular weight is 196 g/mol. The second-order valence-corrected chi connectivity index (χ2v) is 4.80. The Kier molecular flexibility index (Phi) is 2.45. The zero-order chi connectivity index (χ0) is 9.38. The van der Waals surface area contributed by atoms with Crippen molar-refractivity contribution in [2.45, 2.75) is 24.5 Å². The van der Waals surface area contributed by atoms with Crippen LogP contribution in [0, 0.1) is 5.92 Å². The molecule has 0 radical (unpaired) electrons. The molecule has 14 heavy (non-hydrogen) atoms. The van der Waals surface area contributed by atoms with Crippen LogP contribution in [0.4, 0.5) is 0 Å². The summed E-state index contributed by atoms with van der Waals surface area (Å²) < 4.78 is 0. The van der Waals surface area contributed by atoms with Crippen molar-refractivity contribution in [3.05, 3.63) is 0 Å². The average Bonchev–Trinajstić information content (AvgIpc) is 2.59. The highest BCUT2D eigenvalue weighted by molar-refractivity contribution is 4.98. The maximum atomic E-state index is 3.39. The number of rotatable bonds is 0. The van der Waals surface area contributed by atoms with Crippen molar-refractivity contribution in [1.82, 2.24) is 21.3 Å². The lowest BCUT2D eigenvalue weighted by Crippen LogP contribution is -2.58. The molecule has 0 aliphatic carbocycles. The van der Waals surface area contributed by atoms with E-state index < -0.39 is 0 Å². The van der Waals surface area contributed by atoms with Crippen molar-refractivity contribution >= 4 is 0 Å². The topological polar surface area (TPSA) is 48.1 Å². The molecule has 4 unspecified atom stereocenters. The third-order valence-corrected chi connectivity index (χ3v) is 3.93. The van der Waals surface area contributed by atoms with Crippen molar-refractivity contribution in [3.8, 4) is 0 Å². The fraction of sp³-hybridized carbons (Fsp3) is 1.00. The van der Waals surface area contributed by atoms with Crippen LogP contribution >= 0.6 is 0 Å². The van der Waals surface area contributed by atoms with Crippen LogP contribution in [0.3, 0.4) is 0 Å². The van der Waals surface area contributed by atoms with E-state index in [1.165, 1.54) is 39.1 Å². The second kappa shape index (κ2) is 3.77. The molecule has 4 heteroatoms. The smallest absolute Gasteiger partial charge is 0.0347 e. The first-order valence-corrected chi connectivity index (χ1v) is 5.84. The van der Waals surface area contributed by atoms with E-state index in [4.69, 9.17) is 0 Å². The van der Waals surface area contributed by atoms with E-state index in [-0.39, 0.29) is 0 Å². The van der Waals surface area contributed by atoms with Crippen molar-refractivity contribution in [2.75, 3.05) is 32.7 Å². The van der Waals surface area contributed by atoms with Crippen LogP contribution in [-0.2, 0) is 0 Å². The van der Waals surface area contributed by atoms with Gasteiger partial charge in [-0.3, -0.25) is 0 Å². The van der Waals surface area contributed by atoms with Crippen LogP contribution in [0.15, 0.2) is 0 Å². The van der Waals surface area contributed by atoms with Gasteiger partial charge in [0, 0.05) is 50.2 Å². The SMILES string of the molecule is C1CC2NCC2N1.C1NCC2NCC12. The van der Waals surface area contributed by atoms with Gasteiger partial charge >= 0.3 is 0 Å². The molecular formula is C10H20N4. The van der Waals surface area contributed by atoms with E-state index in [0.29, 0.717) is 0 Å². The summed E-state index contributed by atoms with van der Waals surface area (Å²) >= 11 is 0. The largest absolute Gasteiger partial charge is 0.315 e. The van der Waals surface area contributed by atoms with Crippen LogP contribution < -0.4 is 21.3 Å². The van der Waals surface area contributed by atoms with Gasteiger partial charge in [-0.2, -0.15) is 0 Å². The van der Waals surface area contributed by atoms with E-state index in [1.54, 1.807) is 0 Å². The van der Waals surface area contributed by atoms with E-state index in [9.17, 15) is 0 Å². The molecule has 0 aromatic rings. The van der Waals surface area contributed by atoms with Crippen molar-refractivity contribution < 1.29 is 0 Å². The van der Waals surface area contributed by atoms with E-state index in [0.717, 1.165) is 24.0 Å². The van der Waals surface area contributed by atoms with Crippen LogP contribution in [0.5, 0.6) is 0 Å². The Hall–Kier alpha value is -0.160. The summed E-state index contributed by atoms with van der Waals surface area (Å²) in [7, 11) is 0. The van der Waals surface area contributed by atoms with Gasteiger partial charge in [0.2, 0.25) is 0 Å². The molecule has 0 amide bonds. The van der Waals surface area contributed by atoms with Gasteiger partial charge in [0.25, 0.3) is 0 Å². The zero-order valence-electron chi connectivity index (χ0n) is 8.55. The first-order chi connectivity index (χ1) is 6.93. The highest BCUT2D eigenvalue weighted by Gasteiger charge is 2.34. The summed E-state index contributed by atoms with van der Waals surface area (Å²) in [6, 6.07) is 2.50. The molecule has 0 aromatic carbocycles. The molecule has 4 fully saturated rings. The molecule has 4 N–H and O–H groups in total. The van der Waals surface area contributed by atoms with Gasteiger partial charge < -0.3 is 21.3 Å². The predicted molar refractivity (Wildman–Crippen MR) is 56.3 cm³/mol. The fourth-order valence-electron chi connectivity index (χ4n) is 2.67. The summed E-state index contributed by atoms with van der Waals surface area (Å²) in [4.78, 5) is 0. The number of hydrogen-bond donors (Lipinski definition) is 4. The molecular weight excluding hydrogens is 176 g/mol. The molecule has 0 bridgehead atoms. The lowest BCUT2D eigenvalue weighted by molar-refractivity contribution is 0.297. The summed E-state index contributed by atoms with van der Waals surface area (Å²) in [6.07, 6.45) is 1.34. The first kappa shape index (κ1) is 9.09. The van der Waals surface area contributed by atoms with Crippen LogP contribution in [0.2, 0.25) is 0 Å². The van der Waals surface area contributed by atoms with Crippen molar-refractivity contribution in [1.29, 1.82) is 0 Å².